The molecule has 0 saturated carbocycles. The van der Waals surface area contributed by atoms with Gasteiger partial charge in [-0.15, -0.1) is 0 Å². The van der Waals surface area contributed by atoms with Crippen molar-refractivity contribution >= 4 is 83.3 Å². The highest BCUT2D eigenvalue weighted by Gasteiger charge is 2.42. The van der Waals surface area contributed by atoms with Crippen molar-refractivity contribution in [1.82, 2.24) is 0 Å². The van der Waals surface area contributed by atoms with Crippen LogP contribution in [0.5, 0.6) is 23.0 Å². The van der Waals surface area contributed by atoms with Gasteiger partial charge in [-0.2, -0.15) is 0 Å². The number of rotatable bonds is 3. The van der Waals surface area contributed by atoms with Gasteiger partial charge in [0.05, 0.1) is 5.69 Å². The number of para-hydroxylation sites is 2. The molecule has 238 valence electrons. The third-order valence-electron chi connectivity index (χ3n) is 10.7. The van der Waals surface area contributed by atoms with Crippen LogP contribution >= 0.6 is 0 Å². The van der Waals surface area contributed by atoms with Crippen molar-refractivity contribution in [2.24, 2.45) is 0 Å². The molecule has 0 fully saturated rings. The minimum Gasteiger partial charge on any atom is -0.458 e. The Hall–Kier alpha value is -6.52. The lowest BCUT2D eigenvalue weighted by atomic mass is 9.34. The summed E-state index contributed by atoms with van der Waals surface area (Å²) in [5.41, 5.74) is 7.76. The highest BCUT2D eigenvalue weighted by molar-refractivity contribution is 6.99. The summed E-state index contributed by atoms with van der Waals surface area (Å²) in [6, 6.07) is 58.7. The second kappa shape index (κ2) is 10.7. The predicted molar refractivity (Wildman–Crippen MR) is 214 cm³/mol. The van der Waals surface area contributed by atoms with E-state index >= 15 is 0 Å². The highest BCUT2D eigenvalue weighted by Crippen LogP contribution is 2.45. The molecule has 4 heteroatoms. The normalized spacial score (nSPS) is 12.7. The van der Waals surface area contributed by atoms with E-state index in [-0.39, 0.29) is 6.71 Å². The third kappa shape index (κ3) is 4.14. The Morgan fingerprint density at radius 2 is 0.843 bits per heavy atom. The molecule has 9 aromatic carbocycles. The summed E-state index contributed by atoms with van der Waals surface area (Å²) in [7, 11) is 0. The number of aryl methyl sites for hydroxylation is 1. The Balaban J connectivity index is 1.23. The van der Waals surface area contributed by atoms with Gasteiger partial charge >= 0.3 is 0 Å². The number of fused-ring (bicyclic) bond motifs is 12. The molecule has 0 radical (unpaired) electrons. The fourth-order valence-corrected chi connectivity index (χ4v) is 8.64. The molecule has 3 nitrogen and oxygen atoms in total. The molecule has 51 heavy (non-hydrogen) atoms. The molecular formula is C47H30BNO2. The van der Waals surface area contributed by atoms with Crippen LogP contribution in [-0.2, 0) is 0 Å². The molecule has 0 saturated heterocycles. The molecule has 0 spiro atoms. The van der Waals surface area contributed by atoms with Crippen LogP contribution in [0.1, 0.15) is 5.56 Å². The molecule has 9 aromatic rings. The van der Waals surface area contributed by atoms with Gasteiger partial charge in [0.15, 0.2) is 0 Å². The lowest BCUT2D eigenvalue weighted by Gasteiger charge is -2.36. The van der Waals surface area contributed by atoms with Crippen molar-refractivity contribution in [2.75, 3.05) is 4.90 Å². The average molecular weight is 652 g/mol. The number of nitrogens with zero attached hydrogens (tertiary/aromatic N) is 1. The Kier molecular flexibility index (Phi) is 5.97. The van der Waals surface area contributed by atoms with Crippen molar-refractivity contribution in [2.45, 2.75) is 6.92 Å². The van der Waals surface area contributed by atoms with Crippen LogP contribution in [0.15, 0.2) is 164 Å². The van der Waals surface area contributed by atoms with Crippen LogP contribution in [0, 0.1) is 6.92 Å². The van der Waals surface area contributed by atoms with Gasteiger partial charge < -0.3 is 14.4 Å². The lowest BCUT2D eigenvalue weighted by Crippen LogP contribution is -2.57. The summed E-state index contributed by atoms with van der Waals surface area (Å²) in [5, 5.41) is 9.76. The number of anilines is 3. The summed E-state index contributed by atoms with van der Waals surface area (Å²) >= 11 is 0. The number of hydrogen-bond acceptors (Lipinski definition) is 3. The molecule has 0 atom stereocenters. The van der Waals surface area contributed by atoms with Gasteiger partial charge in [0.2, 0.25) is 0 Å². The Labute approximate surface area is 296 Å². The largest absolute Gasteiger partial charge is 0.458 e. The van der Waals surface area contributed by atoms with Crippen LogP contribution in [0.2, 0.25) is 0 Å². The van der Waals surface area contributed by atoms with E-state index in [4.69, 9.17) is 9.47 Å². The molecule has 11 rings (SSSR count). The van der Waals surface area contributed by atoms with Crippen molar-refractivity contribution in [1.29, 1.82) is 0 Å². The summed E-state index contributed by atoms with van der Waals surface area (Å²) in [6.07, 6.45) is 0. The minimum absolute atomic E-state index is 0.0846. The first kappa shape index (κ1) is 28.3. The van der Waals surface area contributed by atoms with E-state index in [2.05, 4.69) is 176 Å². The Morgan fingerprint density at radius 3 is 1.43 bits per heavy atom. The van der Waals surface area contributed by atoms with Crippen LogP contribution in [0.3, 0.4) is 0 Å². The summed E-state index contributed by atoms with van der Waals surface area (Å²) < 4.78 is 13.9. The second-order valence-corrected chi connectivity index (χ2v) is 13.7. The first-order valence-corrected chi connectivity index (χ1v) is 17.5. The van der Waals surface area contributed by atoms with E-state index in [9.17, 15) is 0 Å². The van der Waals surface area contributed by atoms with Gasteiger partial charge in [0.1, 0.15) is 23.0 Å². The quantitative estimate of drug-likeness (QED) is 0.140. The fraction of sp³-hybridized carbons (Fsp3) is 0.0213. The molecule has 0 aromatic heterocycles. The first-order valence-electron chi connectivity index (χ1n) is 17.5. The van der Waals surface area contributed by atoms with Gasteiger partial charge in [-0.05, 0) is 104 Å². The maximum absolute atomic E-state index is 7.00. The van der Waals surface area contributed by atoms with Gasteiger partial charge in [0.25, 0.3) is 6.71 Å². The summed E-state index contributed by atoms with van der Waals surface area (Å²) in [4.78, 5) is 2.34. The monoisotopic (exact) mass is 651 g/mol. The van der Waals surface area contributed by atoms with Crippen LogP contribution in [-0.4, -0.2) is 6.71 Å². The SMILES string of the molecule is Cc1cc2c3c(c1)Oc1cc(N(c4ccccc4)c4ccccc4)c4ccccc4c1B3c1cc3c4ccccc4c4ccccc4c3cc1O2. The van der Waals surface area contributed by atoms with E-state index in [1.54, 1.807) is 0 Å². The van der Waals surface area contributed by atoms with Gasteiger partial charge in [0, 0.05) is 28.3 Å². The molecule has 0 bridgehead atoms. The van der Waals surface area contributed by atoms with Gasteiger partial charge in [-0.1, -0.05) is 115 Å². The van der Waals surface area contributed by atoms with Crippen LogP contribution in [0.4, 0.5) is 17.1 Å². The van der Waals surface area contributed by atoms with Crippen LogP contribution < -0.4 is 30.8 Å². The average Bonchev–Trinajstić information content (AvgIpc) is 3.18. The predicted octanol–water partition coefficient (Wildman–Crippen LogP) is 10.8. The van der Waals surface area contributed by atoms with Crippen molar-refractivity contribution < 1.29 is 9.47 Å². The summed E-state index contributed by atoms with van der Waals surface area (Å²) in [6.45, 7) is 2.03. The molecule has 2 heterocycles. The summed E-state index contributed by atoms with van der Waals surface area (Å²) in [5.74, 6) is 3.48. The molecular weight excluding hydrogens is 621 g/mol. The number of hydrogen-bond donors (Lipinski definition) is 0. The zero-order chi connectivity index (χ0) is 33.6. The Bertz CT molecular complexity index is 2850. The molecule has 2 aliphatic rings. The van der Waals surface area contributed by atoms with E-state index in [1.165, 1.54) is 43.2 Å². The molecule has 0 unspecified atom stereocenters. The van der Waals surface area contributed by atoms with E-state index in [0.29, 0.717) is 0 Å². The third-order valence-corrected chi connectivity index (χ3v) is 10.7. The van der Waals surface area contributed by atoms with E-state index < -0.39 is 0 Å². The molecule has 2 aliphatic heterocycles. The molecule has 0 amide bonds. The fourth-order valence-electron chi connectivity index (χ4n) is 8.64. The highest BCUT2D eigenvalue weighted by atomic mass is 16.5. The van der Waals surface area contributed by atoms with Crippen molar-refractivity contribution in [3.05, 3.63) is 169 Å². The smallest absolute Gasteiger partial charge is 0.261 e. The van der Waals surface area contributed by atoms with E-state index in [1.807, 2.05) is 0 Å². The second-order valence-electron chi connectivity index (χ2n) is 13.7. The maximum Gasteiger partial charge on any atom is 0.261 e. The standard InChI is InChI=1S/C47H30BNO2/c1-29-24-43-47-44(25-29)51-45-28-41(49(30-14-4-2-5-15-30)31-16-6-3-7-17-31)36-22-12-13-23-37(36)46(45)48(47)40-26-38-34-20-10-8-18-32(34)33-19-9-11-21-35(33)39(38)27-42(40)50-43/h2-28H,1H3. The van der Waals surface area contributed by atoms with Crippen molar-refractivity contribution in [3.8, 4) is 23.0 Å². The van der Waals surface area contributed by atoms with Gasteiger partial charge in [-0.3, -0.25) is 0 Å². The maximum atomic E-state index is 7.00. The van der Waals surface area contributed by atoms with Crippen molar-refractivity contribution in [3.63, 3.8) is 0 Å². The van der Waals surface area contributed by atoms with Gasteiger partial charge in [-0.25, -0.2) is 0 Å². The number of benzene rings is 9. The molecule has 0 N–H and O–H groups in total. The van der Waals surface area contributed by atoms with Crippen LogP contribution in [0.25, 0.3) is 43.1 Å². The lowest BCUT2D eigenvalue weighted by molar-refractivity contribution is 0.464. The first-order chi connectivity index (χ1) is 25.2. The topological polar surface area (TPSA) is 21.7 Å². The Morgan fingerprint density at radius 1 is 0.392 bits per heavy atom. The van der Waals surface area contributed by atoms with E-state index in [0.717, 1.165) is 61.9 Å². The zero-order valence-corrected chi connectivity index (χ0v) is 27.9. The molecule has 0 aliphatic carbocycles. The number of ether oxygens (including phenoxy) is 2. The minimum atomic E-state index is -0.0846. The zero-order valence-electron chi connectivity index (χ0n) is 27.9.